The minimum atomic E-state index is -4.24. The Morgan fingerprint density at radius 2 is 1.07 bits per heavy atom. The van der Waals surface area contributed by atoms with E-state index in [1.54, 1.807) is 13.2 Å². The minimum absolute atomic E-state index is 0.565. The number of benzene rings is 6. The molecule has 0 N–H and O–H groups in total. The molecule has 12 rings (SSSR count). The van der Waals surface area contributed by atoms with Gasteiger partial charge in [0.2, 0.25) is 0 Å². The van der Waals surface area contributed by atoms with Gasteiger partial charge in [0.1, 0.15) is 5.75 Å². The second-order valence-electron chi connectivity index (χ2n) is 19.0. The van der Waals surface area contributed by atoms with Gasteiger partial charge in [0, 0.05) is 131 Å². The van der Waals surface area contributed by atoms with Crippen LogP contribution in [-0.2, 0) is 45.3 Å². The summed E-state index contributed by atoms with van der Waals surface area (Å²) in [5, 5.41) is 1.94. The number of aryl methyl sites for hydroxylation is 4. The fourth-order valence-corrected chi connectivity index (χ4v) is 10.3. The number of para-hydroxylation sites is 1. The third kappa shape index (κ3) is 12.0. The number of fused-ring (bicyclic) bond motifs is 6. The van der Waals surface area contributed by atoms with E-state index in [9.17, 15) is 13.2 Å². The quantitative estimate of drug-likeness (QED) is 0.163. The first-order valence-corrected chi connectivity index (χ1v) is 24.7. The molecule has 0 saturated carbocycles. The zero-order valence-corrected chi connectivity index (χ0v) is 43.5. The van der Waals surface area contributed by atoms with Crippen molar-refractivity contribution in [3.8, 4) is 5.75 Å². The molecule has 0 radical (unpaired) electrons. The van der Waals surface area contributed by atoms with Gasteiger partial charge in [0.05, 0.1) is 12.7 Å². The number of hydrogen-bond donors (Lipinski definition) is 0. The van der Waals surface area contributed by atoms with Crippen LogP contribution in [0.5, 0.6) is 5.75 Å². The van der Waals surface area contributed by atoms with Gasteiger partial charge in [0.15, 0.2) is 0 Å². The number of hydrogen-bond acceptors (Lipinski definition) is 6. The Labute approximate surface area is 419 Å². The van der Waals surface area contributed by atoms with E-state index in [0.29, 0.717) is 5.69 Å². The number of halogens is 4. The number of ether oxygens (including phenoxy) is 1. The van der Waals surface area contributed by atoms with E-state index in [1.807, 2.05) is 55.5 Å². The Kier molecular flexibility index (Phi) is 16.7. The molecule has 11 heteroatoms. The van der Waals surface area contributed by atoms with Gasteiger partial charge in [0.25, 0.3) is 0 Å². The van der Waals surface area contributed by atoms with Crippen LogP contribution >= 0.6 is 11.6 Å². The van der Waals surface area contributed by atoms with E-state index in [0.717, 1.165) is 53.7 Å². The second kappa shape index (κ2) is 22.7. The maximum absolute atomic E-state index is 12.4. The van der Waals surface area contributed by atoms with Crippen LogP contribution in [0.4, 0.5) is 41.6 Å². The van der Waals surface area contributed by atoms with Crippen LogP contribution in [0.25, 0.3) is 10.9 Å². The maximum atomic E-state index is 12.4. The molecule has 0 atom stereocenters. The Morgan fingerprint density at radius 1 is 0.500 bits per heavy atom. The van der Waals surface area contributed by atoms with Crippen molar-refractivity contribution in [2.24, 2.45) is 7.05 Å². The van der Waals surface area contributed by atoms with Crippen LogP contribution in [-0.4, -0.2) is 79.6 Å². The molecule has 6 aromatic carbocycles. The lowest BCUT2D eigenvalue weighted by Gasteiger charge is -2.14. The third-order valence-electron chi connectivity index (χ3n) is 14.1. The Balaban J connectivity index is 0.000000124. The number of rotatable bonds is 1. The normalized spacial score (nSPS) is 14.6. The molecular formula is C59H70ClF3N6O. The topological polar surface area (TPSA) is 30.4 Å². The molecule has 0 bridgehead atoms. The SMILES string of the molecule is CN1CCc2ccc(C(F)(F)F)cc21.COc1cccc2c1CCN2C.Cc1ccc2c(c1)CCN2C.Cc1cccc2c1CCN2C.Cc1cccc2c1N(C)CC2.Cn1ccc2c(Cl)cccc21. The molecule has 0 aliphatic carbocycles. The highest BCUT2D eigenvalue weighted by atomic mass is 35.5. The fourth-order valence-electron chi connectivity index (χ4n) is 10.1. The summed E-state index contributed by atoms with van der Waals surface area (Å²) >= 11 is 5.96. The van der Waals surface area contributed by atoms with Gasteiger partial charge in [-0.25, -0.2) is 0 Å². The zero-order valence-electron chi connectivity index (χ0n) is 42.7. The molecule has 6 heterocycles. The highest BCUT2D eigenvalue weighted by molar-refractivity contribution is 6.35. The molecule has 0 amide bonds. The smallest absolute Gasteiger partial charge is 0.416 e. The van der Waals surface area contributed by atoms with Gasteiger partial charge < -0.3 is 33.8 Å². The van der Waals surface area contributed by atoms with Crippen molar-refractivity contribution in [1.29, 1.82) is 0 Å². The molecule has 70 heavy (non-hydrogen) atoms. The van der Waals surface area contributed by atoms with Gasteiger partial charge in [-0.1, -0.05) is 77.8 Å². The molecule has 0 unspecified atom stereocenters. The second-order valence-corrected chi connectivity index (χ2v) is 19.5. The number of nitrogens with zero attached hydrogens (tertiary/aromatic N) is 6. The molecule has 0 spiro atoms. The van der Waals surface area contributed by atoms with Crippen molar-refractivity contribution in [2.45, 2.75) is 59.1 Å². The summed E-state index contributed by atoms with van der Waals surface area (Å²) in [4.78, 5) is 11.1. The monoisotopic (exact) mass is 971 g/mol. The molecular weight excluding hydrogens is 901 g/mol. The summed E-state index contributed by atoms with van der Waals surface area (Å²) in [7, 11) is 14.1. The van der Waals surface area contributed by atoms with E-state index in [2.05, 4.69) is 140 Å². The summed E-state index contributed by atoms with van der Waals surface area (Å²) in [6.07, 6.45) is 3.37. The Bertz CT molecular complexity index is 2890. The molecule has 7 aromatic rings. The Hall–Kier alpha value is -6.26. The summed E-state index contributed by atoms with van der Waals surface area (Å²) in [5.41, 5.74) is 18.0. The third-order valence-corrected chi connectivity index (χ3v) is 14.5. The minimum Gasteiger partial charge on any atom is -0.496 e. The number of anilines is 5. The fraction of sp³-hybridized carbons (Fsp3) is 0.356. The van der Waals surface area contributed by atoms with E-state index < -0.39 is 11.7 Å². The first kappa shape index (κ1) is 51.6. The number of likely N-dealkylation sites (N-methyl/N-ethyl adjacent to an activating group) is 5. The molecule has 5 aliphatic rings. The molecule has 0 saturated heterocycles. The first-order valence-electron chi connectivity index (χ1n) is 24.3. The average molecular weight is 972 g/mol. The van der Waals surface area contributed by atoms with Crippen LogP contribution in [0.2, 0.25) is 5.02 Å². The van der Waals surface area contributed by atoms with Gasteiger partial charge in [-0.2, -0.15) is 13.2 Å². The number of alkyl halides is 3. The molecule has 1 aromatic heterocycles. The van der Waals surface area contributed by atoms with E-state index >= 15 is 0 Å². The van der Waals surface area contributed by atoms with Gasteiger partial charge >= 0.3 is 6.18 Å². The molecule has 370 valence electrons. The van der Waals surface area contributed by atoms with E-state index in [4.69, 9.17) is 16.3 Å². The van der Waals surface area contributed by atoms with Gasteiger partial charge in [-0.15, -0.1) is 0 Å². The lowest BCUT2D eigenvalue weighted by Crippen LogP contribution is -2.13. The van der Waals surface area contributed by atoms with Crippen LogP contribution in [0, 0.1) is 20.8 Å². The lowest BCUT2D eigenvalue weighted by molar-refractivity contribution is -0.137. The predicted octanol–water partition coefficient (Wildman–Crippen LogP) is 13.2. The lowest BCUT2D eigenvalue weighted by atomic mass is 10.1. The highest BCUT2D eigenvalue weighted by Gasteiger charge is 2.32. The predicted molar refractivity (Wildman–Crippen MR) is 291 cm³/mol. The average Bonchev–Trinajstić information content (AvgIpc) is 4.23. The van der Waals surface area contributed by atoms with Crippen molar-refractivity contribution in [3.63, 3.8) is 0 Å². The summed E-state index contributed by atoms with van der Waals surface area (Å²) < 4.78 is 44.4. The maximum Gasteiger partial charge on any atom is 0.416 e. The molecule has 5 aliphatic heterocycles. The van der Waals surface area contributed by atoms with Crippen molar-refractivity contribution >= 4 is 50.9 Å². The van der Waals surface area contributed by atoms with Gasteiger partial charge in [-0.05, 0) is 141 Å². The van der Waals surface area contributed by atoms with Crippen LogP contribution < -0.4 is 29.2 Å². The zero-order chi connectivity index (χ0) is 50.3. The van der Waals surface area contributed by atoms with Crippen molar-refractivity contribution in [3.05, 3.63) is 177 Å². The van der Waals surface area contributed by atoms with E-state index in [-0.39, 0.29) is 0 Å². The summed E-state index contributed by atoms with van der Waals surface area (Å²) in [5.74, 6) is 1.02. The summed E-state index contributed by atoms with van der Waals surface area (Å²) in [6.45, 7) is 12.0. The standard InChI is InChI=1S/C10H10F3N.C10H13NO.3C10H13N.C9H8ClN/c1-14-5-4-7-2-3-8(6-9(7)14)10(11,12)13;1-11-7-6-8-9(11)4-3-5-10(8)12-2;1-8-3-4-10-9(7-8)5-6-11(10)2;1-8-4-3-5-10-9(8)6-7-11(10)2;1-8-4-3-5-9-6-7-11(2)10(8)9;1-11-6-5-7-8(10)3-2-4-9(7)11/h2-3,6H,4-5H2,1H3;3-5H,6-7H2,1-2H3;3-4,7H,5-6H2,1-2H3;2*3-5H,6-7H2,1-2H3;2-6H,1H3. The van der Waals surface area contributed by atoms with Crippen molar-refractivity contribution in [1.82, 2.24) is 4.57 Å². The first-order chi connectivity index (χ1) is 33.4. The van der Waals surface area contributed by atoms with Crippen LogP contribution in [0.3, 0.4) is 0 Å². The van der Waals surface area contributed by atoms with Crippen LogP contribution in [0.1, 0.15) is 50.1 Å². The van der Waals surface area contributed by atoms with Gasteiger partial charge in [-0.3, -0.25) is 0 Å². The van der Waals surface area contributed by atoms with Crippen molar-refractivity contribution in [2.75, 3.05) is 99.6 Å². The highest BCUT2D eigenvalue weighted by Crippen LogP contribution is 2.37. The largest absolute Gasteiger partial charge is 0.496 e. The molecule has 7 nitrogen and oxygen atoms in total. The molecule has 0 fully saturated rings. The number of aromatic nitrogens is 1. The van der Waals surface area contributed by atoms with Crippen LogP contribution in [0.15, 0.2) is 121 Å². The Morgan fingerprint density at radius 3 is 1.74 bits per heavy atom. The summed E-state index contributed by atoms with van der Waals surface area (Å²) in [6, 6.07) is 37.9. The van der Waals surface area contributed by atoms with E-state index in [1.165, 1.54) is 112 Å². The number of methoxy groups -OCH3 is 1. The van der Waals surface area contributed by atoms with Crippen molar-refractivity contribution < 1.29 is 17.9 Å².